The van der Waals surface area contributed by atoms with E-state index in [0.717, 1.165) is 107 Å². The highest BCUT2D eigenvalue weighted by Gasteiger charge is 2.59. The summed E-state index contributed by atoms with van der Waals surface area (Å²) in [6, 6.07) is 14.8. The van der Waals surface area contributed by atoms with Crippen LogP contribution in [-0.4, -0.2) is 72.8 Å². The van der Waals surface area contributed by atoms with E-state index < -0.39 is 11.6 Å². The van der Waals surface area contributed by atoms with Crippen LogP contribution in [0.25, 0.3) is 0 Å². The normalized spacial score (nSPS) is 26.7. The minimum absolute atomic E-state index is 0.00535. The number of alkyl carbamates (subject to hydrolysis) is 1. The maximum Gasteiger partial charge on any atom is 0.407 e. The van der Waals surface area contributed by atoms with E-state index in [-0.39, 0.29) is 29.1 Å². The molecule has 3 saturated carbocycles. The molecule has 3 aromatic rings. The molecule has 3 aromatic carbocycles. The lowest BCUT2D eigenvalue weighted by atomic mass is 9.47. The lowest BCUT2D eigenvalue weighted by Crippen LogP contribution is -2.51. The van der Waals surface area contributed by atoms with Gasteiger partial charge in [0.15, 0.2) is 10.7 Å². The van der Waals surface area contributed by atoms with E-state index in [1.54, 1.807) is 23.8 Å². The molecule has 8 atom stereocenters. The highest BCUT2D eigenvalue weighted by molar-refractivity contribution is 7.80. The molecule has 0 radical (unpaired) electrons. The monoisotopic (exact) mass is 1000 g/mol. The summed E-state index contributed by atoms with van der Waals surface area (Å²) in [6.45, 7) is 17.4. The second kappa shape index (κ2) is 22.3. The van der Waals surface area contributed by atoms with Gasteiger partial charge in [0.25, 0.3) is 0 Å². The number of rotatable bonds is 20. The van der Waals surface area contributed by atoms with Crippen molar-refractivity contribution in [2.75, 3.05) is 44.6 Å². The van der Waals surface area contributed by atoms with Crippen LogP contribution < -0.4 is 31.3 Å². The highest BCUT2D eigenvalue weighted by Crippen LogP contribution is 2.67. The van der Waals surface area contributed by atoms with E-state index in [1.165, 1.54) is 75.6 Å². The van der Waals surface area contributed by atoms with E-state index in [2.05, 4.69) is 67.3 Å². The van der Waals surface area contributed by atoms with Crippen LogP contribution >= 0.6 is 12.2 Å². The summed E-state index contributed by atoms with van der Waals surface area (Å²) in [4.78, 5) is 26.3. The Hall–Kier alpha value is -4.85. The molecule has 72 heavy (non-hydrogen) atoms. The predicted molar refractivity (Wildman–Crippen MR) is 288 cm³/mol. The number of thiocarbonyl (C=S) groups is 1. The Balaban J connectivity index is 0.608. The number of amides is 1. The first-order chi connectivity index (χ1) is 34.7. The number of carbonyl (C=O) groups is 2. The van der Waals surface area contributed by atoms with E-state index in [0.29, 0.717) is 63.1 Å². The summed E-state index contributed by atoms with van der Waals surface area (Å²) in [5.74, 6) is 5.16. The Morgan fingerprint density at radius 3 is 2.12 bits per heavy atom. The van der Waals surface area contributed by atoms with Gasteiger partial charge in [0, 0.05) is 54.0 Å². The molecule has 9 rings (SSSR count). The molecule has 0 aromatic heterocycles. The molecule has 6 aliphatic rings. The molecule has 390 valence electrons. The average Bonchev–Trinajstić information content (AvgIpc) is 3.85. The third-order valence-corrected chi connectivity index (χ3v) is 18.4. The molecule has 0 unspecified atom stereocenters. The van der Waals surface area contributed by atoms with Crippen LogP contribution in [0.5, 0.6) is 23.0 Å². The number of aromatic hydroxyl groups is 2. The third kappa shape index (κ3) is 10.7. The lowest BCUT2D eigenvalue weighted by molar-refractivity contribution is -0.0581. The summed E-state index contributed by atoms with van der Waals surface area (Å²) in [5, 5.41) is 37.3. The Morgan fingerprint density at radius 1 is 0.764 bits per heavy atom. The molecular formula is C59H81N5O7S. The minimum Gasteiger partial charge on any atom is -0.508 e. The van der Waals surface area contributed by atoms with Crippen molar-refractivity contribution >= 4 is 35.1 Å². The zero-order valence-electron chi connectivity index (χ0n) is 43.5. The number of allylic oxidation sites excluding steroid dienone is 1. The maximum absolute atomic E-state index is 13.5. The standard InChI is InChI=1S/C59H81N5O7S/c1-37(2)11-8-12-38(3)46-21-22-47-44-17-13-39-33-43(23-25-57(39,4)48(44)24-26-58(46,47)5)69-56(68)63-32-10-30-61-28-7-6-27-60-29-9-31-62-55(72)64-40-14-18-49-45(34-40)54(67)71-59(49)50-19-15-41(65)35-52(50)70-53-36-42(66)16-20-51(53)59/h13-16,18-20,34-38,43-44,46-48,60-61,65-66H,6-12,17,21-33H2,1-5H3,(H,63,68)(H2,62,64,72)/t38-,43+,44+,46-,47+,48+,57+,58-/m1/s1. The first-order valence-corrected chi connectivity index (χ1v) is 27.9. The molecule has 2 aliphatic heterocycles. The van der Waals surface area contributed by atoms with Gasteiger partial charge >= 0.3 is 12.1 Å². The Labute approximate surface area is 433 Å². The van der Waals surface area contributed by atoms with E-state index in [9.17, 15) is 19.8 Å². The molecule has 0 saturated heterocycles. The SMILES string of the molecule is CC(C)CCC[C@@H](C)[C@H]1CC[C@H]2[C@@H]3CC=C4C[C@@H](OC(=O)NCCCNCCCCNCCCNC(=S)Nc5ccc6c(c5)C(=O)OC65c6ccc(O)cc6Oc6cc(O)ccc65)CC[C@]4(C)[C@H]3CC[C@]12C. The molecule has 4 aliphatic carbocycles. The maximum atomic E-state index is 13.5. The van der Waals surface area contributed by atoms with Gasteiger partial charge in [-0.2, -0.15) is 0 Å². The van der Waals surface area contributed by atoms with E-state index in [1.807, 2.05) is 12.1 Å². The van der Waals surface area contributed by atoms with Crippen molar-refractivity contribution in [1.82, 2.24) is 21.3 Å². The summed E-state index contributed by atoms with van der Waals surface area (Å²) in [5.41, 5.74) is 3.83. The van der Waals surface area contributed by atoms with Gasteiger partial charge in [-0.25, -0.2) is 9.59 Å². The number of hydrogen-bond donors (Lipinski definition) is 7. The Kier molecular flexibility index (Phi) is 16.1. The van der Waals surface area contributed by atoms with Crippen molar-refractivity contribution in [1.29, 1.82) is 0 Å². The van der Waals surface area contributed by atoms with Crippen molar-refractivity contribution in [3.8, 4) is 23.0 Å². The molecular weight excluding hydrogens is 923 g/mol. The average molecular weight is 1000 g/mol. The van der Waals surface area contributed by atoms with Crippen LogP contribution in [0.3, 0.4) is 0 Å². The first-order valence-electron chi connectivity index (χ1n) is 27.5. The topological polar surface area (TPSA) is 162 Å². The summed E-state index contributed by atoms with van der Waals surface area (Å²) < 4.78 is 18.3. The molecule has 13 heteroatoms. The van der Waals surface area contributed by atoms with Crippen LogP contribution in [0.4, 0.5) is 10.5 Å². The molecule has 1 spiro atoms. The number of hydrogen-bond acceptors (Lipinski definition) is 10. The predicted octanol–water partition coefficient (Wildman–Crippen LogP) is 11.8. The number of benzene rings is 3. The van der Waals surface area contributed by atoms with Crippen molar-refractivity contribution in [2.24, 2.45) is 46.3 Å². The third-order valence-electron chi connectivity index (χ3n) is 18.1. The molecule has 1 amide bonds. The number of unbranched alkanes of at least 4 members (excludes halogenated alkanes) is 1. The van der Waals surface area contributed by atoms with Gasteiger partial charge in [-0.15, -0.1) is 0 Å². The Morgan fingerprint density at radius 2 is 1.43 bits per heavy atom. The van der Waals surface area contributed by atoms with Crippen molar-refractivity contribution < 1.29 is 34.0 Å². The van der Waals surface area contributed by atoms with Gasteiger partial charge in [-0.1, -0.05) is 71.6 Å². The second-order valence-electron chi connectivity index (χ2n) is 23.1. The number of anilines is 1. The van der Waals surface area contributed by atoms with E-state index >= 15 is 0 Å². The van der Waals surface area contributed by atoms with Gasteiger partial charge < -0.3 is 51.0 Å². The van der Waals surface area contributed by atoms with E-state index in [4.69, 9.17) is 26.4 Å². The fraction of sp³-hybridized carbons (Fsp3) is 0.610. The fourth-order valence-electron chi connectivity index (χ4n) is 14.5. The number of ether oxygens (including phenoxy) is 3. The molecule has 3 fully saturated rings. The van der Waals surface area contributed by atoms with Crippen LogP contribution in [0, 0.1) is 46.3 Å². The minimum atomic E-state index is -1.31. The van der Waals surface area contributed by atoms with Gasteiger partial charge in [-0.3, -0.25) is 0 Å². The van der Waals surface area contributed by atoms with Crippen LogP contribution in [0.1, 0.15) is 158 Å². The number of phenolic OH excluding ortho intramolecular Hbond substituents is 2. The summed E-state index contributed by atoms with van der Waals surface area (Å²) in [7, 11) is 0. The zero-order valence-corrected chi connectivity index (χ0v) is 44.3. The highest BCUT2D eigenvalue weighted by atomic mass is 32.1. The number of carbonyl (C=O) groups excluding carboxylic acids is 2. The van der Waals surface area contributed by atoms with Crippen LogP contribution in [-0.2, 0) is 15.1 Å². The van der Waals surface area contributed by atoms with Crippen molar-refractivity contribution in [3.05, 3.63) is 88.5 Å². The van der Waals surface area contributed by atoms with Crippen LogP contribution in [0.2, 0.25) is 0 Å². The fourth-order valence-corrected chi connectivity index (χ4v) is 14.7. The van der Waals surface area contributed by atoms with Gasteiger partial charge in [-0.05, 0) is 192 Å². The smallest absolute Gasteiger partial charge is 0.407 e. The van der Waals surface area contributed by atoms with Crippen molar-refractivity contribution in [2.45, 2.75) is 143 Å². The number of nitrogens with one attached hydrogen (secondary N) is 5. The number of phenols is 2. The summed E-state index contributed by atoms with van der Waals surface area (Å²) >= 11 is 5.58. The molecule has 7 N–H and O–H groups in total. The van der Waals surface area contributed by atoms with Gasteiger partial charge in [0.05, 0.1) is 5.56 Å². The summed E-state index contributed by atoms with van der Waals surface area (Å²) in [6.07, 6.45) is 20.2. The van der Waals surface area contributed by atoms with Gasteiger partial charge in [0.2, 0.25) is 0 Å². The van der Waals surface area contributed by atoms with Crippen LogP contribution in [0.15, 0.2) is 66.2 Å². The first kappa shape index (κ1) is 52.0. The second-order valence-corrected chi connectivity index (χ2v) is 23.5. The lowest BCUT2D eigenvalue weighted by Gasteiger charge is -2.58. The number of fused-ring (bicyclic) bond motifs is 11. The van der Waals surface area contributed by atoms with Crippen molar-refractivity contribution in [3.63, 3.8) is 0 Å². The quantitative estimate of drug-likeness (QED) is 0.0249. The molecule has 12 nitrogen and oxygen atoms in total. The molecule has 0 bridgehead atoms. The van der Waals surface area contributed by atoms with Gasteiger partial charge in [0.1, 0.15) is 29.1 Å². The zero-order chi connectivity index (χ0) is 50.6. The molecule has 2 heterocycles. The largest absolute Gasteiger partial charge is 0.508 e. The number of esters is 1. The Bertz CT molecular complexity index is 2430.